The molecule has 1 aliphatic rings. The highest BCUT2D eigenvalue weighted by Gasteiger charge is 2.16. The van der Waals surface area contributed by atoms with Gasteiger partial charge in [-0.3, -0.25) is 4.90 Å². The second kappa shape index (κ2) is 7.05. The molecule has 5 heteroatoms. The molecule has 116 valence electrons. The average Bonchev–Trinajstić information content (AvgIpc) is 3.04. The third-order valence-corrected chi connectivity index (χ3v) is 4.79. The van der Waals surface area contributed by atoms with Crippen molar-refractivity contribution < 1.29 is 5.11 Å². The first kappa shape index (κ1) is 15.2. The molecule has 1 aromatic heterocycles. The molecule has 1 saturated heterocycles. The highest BCUT2D eigenvalue weighted by atomic mass is 32.1. The molecule has 1 fully saturated rings. The van der Waals surface area contributed by atoms with Crippen LogP contribution in [-0.4, -0.2) is 35.0 Å². The zero-order valence-electron chi connectivity index (χ0n) is 12.5. The van der Waals surface area contributed by atoms with Gasteiger partial charge in [-0.05, 0) is 42.0 Å². The lowest BCUT2D eigenvalue weighted by molar-refractivity contribution is 0.0792. The van der Waals surface area contributed by atoms with Crippen molar-refractivity contribution in [1.29, 1.82) is 0 Å². The summed E-state index contributed by atoms with van der Waals surface area (Å²) in [4.78, 5) is 7.88. The normalized spacial score (nSPS) is 17.8. The molecule has 0 aliphatic carbocycles. The number of piperidine rings is 1. The van der Waals surface area contributed by atoms with Gasteiger partial charge in [0.2, 0.25) is 0 Å². The van der Waals surface area contributed by atoms with Crippen molar-refractivity contribution in [2.75, 3.05) is 13.1 Å². The van der Waals surface area contributed by atoms with Gasteiger partial charge in [-0.1, -0.05) is 18.2 Å². The van der Waals surface area contributed by atoms with Crippen molar-refractivity contribution in [2.45, 2.75) is 25.5 Å². The van der Waals surface area contributed by atoms with E-state index in [0.717, 1.165) is 43.0 Å². The number of benzene rings is 1. The van der Waals surface area contributed by atoms with Crippen LogP contribution < -0.4 is 5.73 Å². The standard InChI is InChI=1S/C17H21N3OS/c18-17(16-5-2-10-22-16)19-14-4-1-3-13(11-14)12-20-8-6-15(21)7-9-20/h1-5,10-11,15,21H,6-9,12H2,(H2,18,19). The number of nitrogens with two attached hydrogens (primary N) is 1. The zero-order valence-corrected chi connectivity index (χ0v) is 13.3. The second-order valence-electron chi connectivity index (χ2n) is 5.65. The summed E-state index contributed by atoms with van der Waals surface area (Å²) in [5, 5.41) is 11.6. The zero-order chi connectivity index (χ0) is 15.4. The molecule has 0 radical (unpaired) electrons. The second-order valence-corrected chi connectivity index (χ2v) is 6.60. The molecule has 0 atom stereocenters. The Kier molecular flexibility index (Phi) is 4.87. The minimum absolute atomic E-state index is 0.127. The number of aliphatic hydroxyl groups excluding tert-OH is 1. The van der Waals surface area contributed by atoms with Crippen LogP contribution in [-0.2, 0) is 6.54 Å². The molecule has 0 saturated carbocycles. The van der Waals surface area contributed by atoms with Gasteiger partial charge in [-0.25, -0.2) is 4.99 Å². The average molecular weight is 315 g/mol. The lowest BCUT2D eigenvalue weighted by Gasteiger charge is -2.29. The van der Waals surface area contributed by atoms with Crippen LogP contribution in [0.5, 0.6) is 0 Å². The van der Waals surface area contributed by atoms with Crippen LogP contribution >= 0.6 is 11.3 Å². The van der Waals surface area contributed by atoms with Gasteiger partial charge in [0, 0.05) is 19.6 Å². The predicted octanol–water partition coefficient (Wildman–Crippen LogP) is 2.74. The molecule has 3 rings (SSSR count). The summed E-state index contributed by atoms with van der Waals surface area (Å²) in [6.07, 6.45) is 1.60. The molecule has 0 bridgehead atoms. The molecule has 0 unspecified atom stereocenters. The van der Waals surface area contributed by atoms with Crippen molar-refractivity contribution >= 4 is 22.9 Å². The van der Waals surface area contributed by atoms with E-state index >= 15 is 0 Å². The van der Waals surface area contributed by atoms with Gasteiger partial charge < -0.3 is 10.8 Å². The fourth-order valence-electron chi connectivity index (χ4n) is 2.68. The Morgan fingerprint density at radius 1 is 1.27 bits per heavy atom. The topological polar surface area (TPSA) is 61.8 Å². The van der Waals surface area contributed by atoms with Gasteiger partial charge in [0.05, 0.1) is 16.7 Å². The van der Waals surface area contributed by atoms with Crippen LogP contribution in [0.15, 0.2) is 46.8 Å². The van der Waals surface area contributed by atoms with E-state index in [-0.39, 0.29) is 6.10 Å². The molecule has 2 aromatic rings. The van der Waals surface area contributed by atoms with Gasteiger partial charge in [-0.15, -0.1) is 11.3 Å². The quantitative estimate of drug-likeness (QED) is 0.673. The number of likely N-dealkylation sites (tertiary alicyclic amines) is 1. The van der Waals surface area contributed by atoms with Gasteiger partial charge in [0.1, 0.15) is 5.84 Å². The Labute approximate surface area is 134 Å². The van der Waals surface area contributed by atoms with Gasteiger partial charge >= 0.3 is 0 Å². The van der Waals surface area contributed by atoms with E-state index in [1.807, 2.05) is 29.6 Å². The predicted molar refractivity (Wildman–Crippen MR) is 91.7 cm³/mol. The summed E-state index contributed by atoms with van der Waals surface area (Å²) < 4.78 is 0. The Balaban J connectivity index is 1.69. The summed E-state index contributed by atoms with van der Waals surface area (Å²) in [5.74, 6) is 0.563. The van der Waals surface area contributed by atoms with E-state index in [1.165, 1.54) is 5.56 Å². The summed E-state index contributed by atoms with van der Waals surface area (Å²) in [5.41, 5.74) is 8.17. The number of rotatable bonds is 4. The molecule has 0 spiro atoms. The highest BCUT2D eigenvalue weighted by Crippen LogP contribution is 2.19. The maximum absolute atomic E-state index is 9.57. The fraction of sp³-hybridized carbons (Fsp3) is 0.353. The molecule has 0 amide bonds. The number of aliphatic imine (C=N–C) groups is 1. The Morgan fingerprint density at radius 2 is 2.09 bits per heavy atom. The van der Waals surface area contributed by atoms with Crippen LogP contribution in [0.1, 0.15) is 23.3 Å². The largest absolute Gasteiger partial charge is 0.393 e. The molecular formula is C17H21N3OS. The smallest absolute Gasteiger partial charge is 0.141 e. The van der Waals surface area contributed by atoms with E-state index in [9.17, 15) is 5.11 Å². The fourth-order valence-corrected chi connectivity index (χ4v) is 3.31. The van der Waals surface area contributed by atoms with Crippen LogP contribution in [0, 0.1) is 0 Å². The number of nitrogens with zero attached hydrogens (tertiary/aromatic N) is 2. The van der Waals surface area contributed by atoms with Crippen molar-refractivity contribution in [2.24, 2.45) is 10.7 Å². The molecule has 22 heavy (non-hydrogen) atoms. The summed E-state index contributed by atoms with van der Waals surface area (Å²) >= 11 is 1.60. The van der Waals surface area contributed by atoms with Crippen molar-refractivity contribution in [3.8, 4) is 0 Å². The molecule has 1 aromatic carbocycles. The first-order chi connectivity index (χ1) is 10.7. The minimum atomic E-state index is -0.127. The van der Waals surface area contributed by atoms with Crippen molar-refractivity contribution in [3.05, 3.63) is 52.2 Å². The Hall–Kier alpha value is -1.69. The Morgan fingerprint density at radius 3 is 2.82 bits per heavy atom. The molecule has 4 nitrogen and oxygen atoms in total. The maximum Gasteiger partial charge on any atom is 0.141 e. The van der Waals surface area contributed by atoms with Crippen LogP contribution in [0.25, 0.3) is 0 Å². The number of hydrogen-bond donors (Lipinski definition) is 2. The highest BCUT2D eigenvalue weighted by molar-refractivity contribution is 7.12. The first-order valence-corrected chi connectivity index (χ1v) is 8.46. The lowest BCUT2D eigenvalue weighted by Crippen LogP contribution is -2.35. The van der Waals surface area contributed by atoms with Gasteiger partial charge in [0.25, 0.3) is 0 Å². The number of hydrogen-bond acceptors (Lipinski definition) is 4. The van der Waals surface area contributed by atoms with Crippen LogP contribution in [0.2, 0.25) is 0 Å². The molecule has 1 aliphatic heterocycles. The molecular weight excluding hydrogens is 294 g/mol. The Bertz CT molecular complexity index is 631. The number of thiophene rings is 1. The van der Waals surface area contributed by atoms with E-state index < -0.39 is 0 Å². The van der Waals surface area contributed by atoms with E-state index in [2.05, 4.69) is 22.0 Å². The van der Waals surface area contributed by atoms with Crippen LogP contribution in [0.4, 0.5) is 5.69 Å². The van der Waals surface area contributed by atoms with E-state index in [0.29, 0.717) is 5.84 Å². The van der Waals surface area contributed by atoms with Gasteiger partial charge in [0.15, 0.2) is 0 Å². The van der Waals surface area contributed by atoms with Crippen molar-refractivity contribution in [3.63, 3.8) is 0 Å². The van der Waals surface area contributed by atoms with E-state index in [1.54, 1.807) is 11.3 Å². The SMILES string of the molecule is NC(=Nc1cccc(CN2CCC(O)CC2)c1)c1cccs1. The monoisotopic (exact) mass is 315 g/mol. The third kappa shape index (κ3) is 3.94. The maximum atomic E-state index is 9.57. The first-order valence-electron chi connectivity index (χ1n) is 7.58. The number of amidine groups is 1. The minimum Gasteiger partial charge on any atom is -0.393 e. The number of aliphatic hydroxyl groups is 1. The van der Waals surface area contributed by atoms with Gasteiger partial charge in [-0.2, -0.15) is 0 Å². The van der Waals surface area contributed by atoms with Crippen LogP contribution in [0.3, 0.4) is 0 Å². The summed E-state index contributed by atoms with van der Waals surface area (Å²) in [7, 11) is 0. The van der Waals surface area contributed by atoms with E-state index in [4.69, 9.17) is 5.73 Å². The summed E-state index contributed by atoms with van der Waals surface area (Å²) in [6.45, 7) is 2.80. The summed E-state index contributed by atoms with van der Waals surface area (Å²) in [6, 6.07) is 12.2. The lowest BCUT2D eigenvalue weighted by atomic mass is 10.1. The molecule has 3 N–H and O–H groups in total. The molecule has 2 heterocycles. The van der Waals surface area contributed by atoms with Crippen molar-refractivity contribution in [1.82, 2.24) is 4.90 Å². The third-order valence-electron chi connectivity index (χ3n) is 3.90.